The standard InChI is InChI=1S/2C29H43Si2.C12H9Si.2ClH.Zr/c2*1-12-20(2)22-15-21-13-14-27(29(3,4)5)28(26(21)18-22)23-16-24(30(6,7)8)19-25(17-23)31(9,10)11;1-3-7-11-9(5-1)10-6-2-4-8-12(10)13-11;;;/h2*13-20H,12H2,1-11H3;1-7H,13H2;2*1H;/q;;;;;+2/p-2. The summed E-state index contributed by atoms with van der Waals surface area (Å²) >= 11 is -5.99. The second kappa shape index (κ2) is 20.3. The SMILES string of the molecule is CCC(C)C1=Cc2c(ccc(C(C)(C)C)c2-c2cc([Si](C)(C)C)cc([Si](C)(C)C)c2)[CH]1[Zr]([Cl])([Cl])([c]1cccc2c1[SiH2]c1ccccc1-2)[CH]1C(C(C)CC)=Cc2c1ccc(C(C)(C)C)c2-c1cc([Si](C)(C)C)cc([Si](C)(C)C)c1. The Balaban J connectivity index is 1.47. The Morgan fingerprint density at radius 2 is 0.859 bits per heavy atom. The van der Waals surface area contributed by atoms with Crippen LogP contribution < -0.4 is 34.4 Å². The number of fused-ring (bicyclic) bond motifs is 5. The molecule has 78 heavy (non-hydrogen) atoms. The van der Waals surface area contributed by atoms with E-state index in [9.17, 15) is 17.0 Å². The van der Waals surface area contributed by atoms with Gasteiger partial charge in [0, 0.05) is 0 Å². The van der Waals surface area contributed by atoms with E-state index in [0.29, 0.717) is 0 Å². The molecule has 6 aromatic rings. The molecule has 1 heterocycles. The van der Waals surface area contributed by atoms with Gasteiger partial charge in [0.25, 0.3) is 0 Å². The average Bonchev–Trinajstić information content (AvgIpc) is 3.84. The molecule has 1 aliphatic heterocycles. The van der Waals surface area contributed by atoms with Crippen LogP contribution in [-0.4, -0.2) is 41.8 Å². The maximum absolute atomic E-state index is 9.94. The molecule has 0 bridgehead atoms. The molecule has 8 heteroatoms. The first-order valence-corrected chi connectivity index (χ1v) is 55.6. The van der Waals surface area contributed by atoms with Crippen LogP contribution in [0.2, 0.25) is 78.6 Å². The third-order valence-electron chi connectivity index (χ3n) is 18.8. The van der Waals surface area contributed by atoms with E-state index in [2.05, 4.69) is 263 Å². The molecule has 4 atom stereocenters. The molecule has 0 N–H and O–H groups in total. The van der Waals surface area contributed by atoms with Crippen molar-refractivity contribution in [1.29, 1.82) is 0 Å². The Morgan fingerprint density at radius 1 is 0.487 bits per heavy atom. The minimum atomic E-state index is -5.99. The molecule has 2 aliphatic carbocycles. The van der Waals surface area contributed by atoms with E-state index in [1.807, 2.05) is 0 Å². The molecule has 0 nitrogen and oxygen atoms in total. The number of rotatable bonds is 13. The summed E-state index contributed by atoms with van der Waals surface area (Å²) < 4.78 is 1.01. The van der Waals surface area contributed by atoms with Crippen molar-refractivity contribution in [1.82, 2.24) is 0 Å². The van der Waals surface area contributed by atoms with Gasteiger partial charge in [-0.25, -0.2) is 0 Å². The maximum atomic E-state index is 9.94. The second-order valence-electron chi connectivity index (χ2n) is 30.7. The van der Waals surface area contributed by atoms with Gasteiger partial charge in [-0.3, -0.25) is 0 Å². The van der Waals surface area contributed by atoms with E-state index in [0.717, 1.165) is 12.8 Å². The third kappa shape index (κ3) is 10.4. The monoisotopic (exact) mass is 1240 g/mol. The molecule has 0 saturated carbocycles. The first-order valence-electron chi connectivity index (χ1n) is 29.8. The number of hydrogen-bond donors (Lipinski definition) is 0. The van der Waals surface area contributed by atoms with E-state index in [1.165, 1.54) is 91.6 Å². The minimum absolute atomic E-state index is 0.112. The van der Waals surface area contributed by atoms with Crippen LogP contribution in [0.25, 0.3) is 45.5 Å². The van der Waals surface area contributed by atoms with Crippen LogP contribution in [0.4, 0.5) is 0 Å². The van der Waals surface area contributed by atoms with Crippen LogP contribution in [-0.2, 0) is 27.2 Å². The molecule has 0 spiro atoms. The predicted molar refractivity (Wildman–Crippen MR) is 364 cm³/mol. The Bertz CT molecular complexity index is 3200. The number of benzene rings is 6. The van der Waals surface area contributed by atoms with Crippen molar-refractivity contribution in [2.24, 2.45) is 11.8 Å². The van der Waals surface area contributed by atoms with Crippen molar-refractivity contribution in [3.8, 4) is 33.4 Å². The zero-order valence-electron chi connectivity index (χ0n) is 52.2. The van der Waals surface area contributed by atoms with Crippen LogP contribution in [0.3, 0.4) is 0 Å². The van der Waals surface area contributed by atoms with Gasteiger partial charge in [-0.1, -0.05) is 0 Å². The zero-order valence-corrected chi connectivity index (χ0v) is 61.5. The fraction of sp³-hybridized carbons (Fsp3) is 0.429. The van der Waals surface area contributed by atoms with Crippen molar-refractivity contribution in [3.05, 3.63) is 148 Å². The third-order valence-corrected chi connectivity index (χ3v) is 49.5. The normalized spacial score (nSPS) is 18.4. The van der Waals surface area contributed by atoms with Crippen LogP contribution in [0.15, 0.2) is 114 Å². The van der Waals surface area contributed by atoms with Gasteiger partial charge in [-0.15, -0.1) is 0 Å². The van der Waals surface area contributed by atoms with Gasteiger partial charge in [0.05, 0.1) is 0 Å². The summed E-state index contributed by atoms with van der Waals surface area (Å²) in [5, 5.41) is 9.18. The predicted octanol–water partition coefficient (Wildman–Crippen LogP) is 16.9. The number of allylic oxidation sites excluding steroid dienone is 2. The van der Waals surface area contributed by atoms with Gasteiger partial charge in [-0.05, 0) is 0 Å². The van der Waals surface area contributed by atoms with Crippen molar-refractivity contribution in [3.63, 3.8) is 0 Å². The molecular weight excluding hydrogens is 1140 g/mol. The van der Waals surface area contributed by atoms with E-state index < -0.39 is 58.2 Å². The molecule has 0 radical (unpaired) electrons. The van der Waals surface area contributed by atoms with Crippen molar-refractivity contribution < 1.29 is 16.4 Å². The molecule has 3 aliphatic rings. The first-order chi connectivity index (χ1) is 35.9. The average molecular weight is 1240 g/mol. The first kappa shape index (κ1) is 60.0. The van der Waals surface area contributed by atoms with Crippen molar-refractivity contribution in [2.75, 3.05) is 0 Å². The van der Waals surface area contributed by atoms with Gasteiger partial charge < -0.3 is 0 Å². The Kier molecular flexibility index (Phi) is 15.6. The van der Waals surface area contributed by atoms with Gasteiger partial charge in [0.1, 0.15) is 0 Å². The molecule has 0 amide bonds. The molecule has 6 aromatic carbocycles. The summed E-state index contributed by atoms with van der Waals surface area (Å²) in [5.74, 6) is 0.520. The molecule has 0 saturated heterocycles. The molecule has 0 aromatic heterocycles. The molecule has 0 fully saturated rings. The van der Waals surface area contributed by atoms with E-state index in [-0.39, 0.29) is 29.9 Å². The summed E-state index contributed by atoms with van der Waals surface area (Å²) in [6.45, 7) is 54.6. The van der Waals surface area contributed by atoms with Crippen LogP contribution in [0, 0.1) is 11.8 Å². The fourth-order valence-electron chi connectivity index (χ4n) is 13.7. The summed E-state index contributed by atoms with van der Waals surface area (Å²) in [6, 6.07) is 42.2. The molecule has 4 unspecified atom stereocenters. The summed E-state index contributed by atoms with van der Waals surface area (Å²) in [5.41, 5.74) is 19.2. The van der Waals surface area contributed by atoms with Gasteiger partial charge in [0.2, 0.25) is 0 Å². The molecular formula is C70H95Cl2Si5Zr. The van der Waals surface area contributed by atoms with Crippen molar-refractivity contribution >= 4 is 105 Å². The summed E-state index contributed by atoms with van der Waals surface area (Å²) in [6.07, 6.45) is 7.38. The van der Waals surface area contributed by atoms with Crippen LogP contribution in [0.1, 0.15) is 123 Å². The van der Waals surface area contributed by atoms with Crippen LogP contribution in [0.5, 0.6) is 0 Å². The van der Waals surface area contributed by atoms with Crippen molar-refractivity contribution in [2.45, 2.75) is 179 Å². The van der Waals surface area contributed by atoms with E-state index in [4.69, 9.17) is 0 Å². The summed E-state index contributed by atoms with van der Waals surface area (Å²) in [7, 11) is 12.0. The van der Waals surface area contributed by atoms with Gasteiger partial charge in [0.15, 0.2) is 0 Å². The van der Waals surface area contributed by atoms with E-state index >= 15 is 0 Å². The van der Waals surface area contributed by atoms with Crippen LogP contribution >= 0.6 is 17.0 Å². The molecule has 413 valence electrons. The number of hydrogen-bond acceptors (Lipinski definition) is 0. The fourth-order valence-corrected chi connectivity index (χ4v) is 46.7. The quantitative estimate of drug-likeness (QED) is 0.101. The number of halogens is 2. The second-order valence-corrected chi connectivity index (χ2v) is 73.4. The Hall–Kier alpha value is -2.65. The van der Waals surface area contributed by atoms with Gasteiger partial charge in [-0.2, -0.15) is 0 Å². The molecule has 9 rings (SSSR count). The summed E-state index contributed by atoms with van der Waals surface area (Å²) in [4.78, 5) is 0. The Morgan fingerprint density at radius 3 is 1.22 bits per heavy atom. The zero-order chi connectivity index (χ0) is 57.4. The topological polar surface area (TPSA) is 0 Å². The Labute approximate surface area is 488 Å². The van der Waals surface area contributed by atoms with Gasteiger partial charge >= 0.3 is 493 Å². The van der Waals surface area contributed by atoms with E-state index in [1.54, 1.807) is 20.7 Å².